The summed E-state index contributed by atoms with van der Waals surface area (Å²) in [5, 5.41) is 16.0. The summed E-state index contributed by atoms with van der Waals surface area (Å²) >= 11 is 0. The number of aryl methyl sites for hydroxylation is 1. The smallest absolute Gasteiger partial charge is 0.353 e. The SMILES string of the molecule is CNc1ncnc(Nc2cc(F)c(C)cc2F)c1[N+](=O)[O-]. The van der Waals surface area contributed by atoms with Gasteiger partial charge in [0.25, 0.3) is 0 Å². The first-order chi connectivity index (χ1) is 9.93. The van der Waals surface area contributed by atoms with E-state index in [9.17, 15) is 18.9 Å². The van der Waals surface area contributed by atoms with Gasteiger partial charge >= 0.3 is 5.69 Å². The standard InChI is InChI=1S/C12H11F2N5O2/c1-6-3-8(14)9(4-7(6)13)18-12-10(19(20)21)11(15-2)16-5-17-12/h3-5H,1-2H3,(H2,15,16,17,18). The highest BCUT2D eigenvalue weighted by Crippen LogP contribution is 2.32. The first-order valence-electron chi connectivity index (χ1n) is 5.84. The van der Waals surface area contributed by atoms with Crippen molar-refractivity contribution < 1.29 is 13.7 Å². The van der Waals surface area contributed by atoms with Crippen molar-refractivity contribution in [1.29, 1.82) is 0 Å². The first kappa shape index (κ1) is 14.6. The van der Waals surface area contributed by atoms with Crippen molar-refractivity contribution in [3.63, 3.8) is 0 Å². The van der Waals surface area contributed by atoms with E-state index >= 15 is 0 Å². The Morgan fingerprint density at radius 3 is 2.48 bits per heavy atom. The molecule has 0 radical (unpaired) electrons. The normalized spacial score (nSPS) is 10.3. The maximum absolute atomic E-state index is 13.8. The zero-order valence-corrected chi connectivity index (χ0v) is 11.1. The third-order valence-electron chi connectivity index (χ3n) is 2.74. The minimum absolute atomic E-state index is 0.0366. The molecule has 0 bridgehead atoms. The molecule has 2 rings (SSSR count). The molecule has 0 saturated carbocycles. The number of anilines is 3. The van der Waals surface area contributed by atoms with Gasteiger partial charge in [0.2, 0.25) is 11.6 Å². The Morgan fingerprint density at radius 1 is 1.19 bits per heavy atom. The first-order valence-corrected chi connectivity index (χ1v) is 5.84. The van der Waals surface area contributed by atoms with Crippen molar-refractivity contribution in [2.24, 2.45) is 0 Å². The fourth-order valence-corrected chi connectivity index (χ4v) is 1.70. The molecular formula is C12H11F2N5O2. The van der Waals surface area contributed by atoms with Gasteiger partial charge in [-0.25, -0.2) is 18.7 Å². The van der Waals surface area contributed by atoms with Crippen LogP contribution in [0.3, 0.4) is 0 Å². The van der Waals surface area contributed by atoms with E-state index in [1.807, 2.05) is 0 Å². The molecule has 0 fully saturated rings. The zero-order chi connectivity index (χ0) is 15.6. The number of nitrogens with one attached hydrogen (secondary N) is 2. The average molecular weight is 295 g/mol. The third kappa shape index (κ3) is 2.86. The van der Waals surface area contributed by atoms with Crippen LogP contribution in [-0.4, -0.2) is 21.9 Å². The maximum Gasteiger partial charge on any atom is 0.353 e. The minimum atomic E-state index is -0.743. The summed E-state index contributed by atoms with van der Waals surface area (Å²) in [6.07, 6.45) is 1.07. The average Bonchev–Trinajstić information content (AvgIpc) is 2.44. The summed E-state index contributed by atoms with van der Waals surface area (Å²) in [7, 11) is 1.45. The molecule has 1 heterocycles. The van der Waals surface area contributed by atoms with Crippen LogP contribution in [0.2, 0.25) is 0 Å². The van der Waals surface area contributed by atoms with Gasteiger partial charge in [0.05, 0.1) is 10.6 Å². The molecule has 21 heavy (non-hydrogen) atoms. The molecule has 0 saturated heterocycles. The van der Waals surface area contributed by atoms with E-state index in [0.29, 0.717) is 0 Å². The molecule has 0 atom stereocenters. The van der Waals surface area contributed by atoms with E-state index in [0.717, 1.165) is 18.5 Å². The van der Waals surface area contributed by atoms with Crippen LogP contribution < -0.4 is 10.6 Å². The number of nitrogens with zero attached hydrogens (tertiary/aromatic N) is 3. The predicted octanol–water partition coefficient (Wildman–Crippen LogP) is 2.76. The van der Waals surface area contributed by atoms with Gasteiger partial charge in [-0.3, -0.25) is 10.1 Å². The second-order valence-electron chi connectivity index (χ2n) is 4.13. The summed E-state index contributed by atoms with van der Waals surface area (Å²) in [6.45, 7) is 1.41. The summed E-state index contributed by atoms with van der Waals surface area (Å²) in [4.78, 5) is 17.8. The lowest BCUT2D eigenvalue weighted by Gasteiger charge is -2.10. The molecule has 110 valence electrons. The summed E-state index contributed by atoms with van der Waals surface area (Å²) in [5.41, 5.74) is -0.575. The monoisotopic (exact) mass is 295 g/mol. The quantitative estimate of drug-likeness (QED) is 0.665. The van der Waals surface area contributed by atoms with Crippen LogP contribution in [0.4, 0.5) is 31.8 Å². The molecule has 7 nitrogen and oxygen atoms in total. The van der Waals surface area contributed by atoms with Crippen LogP contribution >= 0.6 is 0 Å². The molecule has 0 aliphatic carbocycles. The topological polar surface area (TPSA) is 93.0 Å². The Morgan fingerprint density at radius 2 is 1.86 bits per heavy atom. The fraction of sp³-hybridized carbons (Fsp3) is 0.167. The molecule has 9 heteroatoms. The third-order valence-corrected chi connectivity index (χ3v) is 2.74. The summed E-state index contributed by atoms with van der Waals surface area (Å²) in [6, 6.07) is 1.90. The molecule has 0 amide bonds. The number of aromatic nitrogens is 2. The fourth-order valence-electron chi connectivity index (χ4n) is 1.70. The Bertz CT molecular complexity index is 708. The molecule has 2 aromatic rings. The van der Waals surface area contributed by atoms with Crippen LogP contribution in [0.5, 0.6) is 0 Å². The predicted molar refractivity (Wildman–Crippen MR) is 72.6 cm³/mol. The Kier molecular flexibility index (Phi) is 3.92. The highest BCUT2D eigenvalue weighted by molar-refractivity contribution is 5.73. The van der Waals surface area contributed by atoms with Crippen molar-refractivity contribution >= 4 is 23.0 Å². The van der Waals surface area contributed by atoms with Crippen molar-refractivity contribution in [2.75, 3.05) is 17.7 Å². The van der Waals surface area contributed by atoms with Crippen molar-refractivity contribution in [3.05, 3.63) is 45.8 Å². The van der Waals surface area contributed by atoms with Crippen LogP contribution in [-0.2, 0) is 0 Å². The number of nitro groups is 1. The van der Waals surface area contributed by atoms with Crippen LogP contribution in [0.15, 0.2) is 18.5 Å². The molecule has 0 unspecified atom stereocenters. The van der Waals surface area contributed by atoms with E-state index in [4.69, 9.17) is 0 Å². The molecular weight excluding hydrogens is 284 g/mol. The van der Waals surface area contributed by atoms with Crippen molar-refractivity contribution in [2.45, 2.75) is 6.92 Å². The summed E-state index contributed by atoms with van der Waals surface area (Å²) < 4.78 is 27.3. The van der Waals surface area contributed by atoms with Gasteiger partial charge in [0.1, 0.15) is 18.0 Å². The Labute approximate surface area is 118 Å². The molecule has 0 aliphatic rings. The van der Waals surface area contributed by atoms with E-state index in [1.165, 1.54) is 14.0 Å². The van der Waals surface area contributed by atoms with Gasteiger partial charge in [-0.1, -0.05) is 0 Å². The number of hydrogen-bond donors (Lipinski definition) is 2. The van der Waals surface area contributed by atoms with Gasteiger partial charge in [0, 0.05) is 13.1 Å². The lowest BCUT2D eigenvalue weighted by atomic mass is 10.2. The molecule has 1 aromatic carbocycles. The number of rotatable bonds is 4. The second kappa shape index (κ2) is 5.65. The lowest BCUT2D eigenvalue weighted by Crippen LogP contribution is -2.06. The van der Waals surface area contributed by atoms with Crippen LogP contribution in [0.25, 0.3) is 0 Å². The molecule has 0 spiro atoms. The van der Waals surface area contributed by atoms with Gasteiger partial charge in [-0.15, -0.1) is 0 Å². The van der Waals surface area contributed by atoms with Crippen LogP contribution in [0.1, 0.15) is 5.56 Å². The highest BCUT2D eigenvalue weighted by atomic mass is 19.1. The van der Waals surface area contributed by atoms with Gasteiger partial charge in [-0.2, -0.15) is 0 Å². The van der Waals surface area contributed by atoms with Crippen LogP contribution in [0, 0.1) is 28.7 Å². The largest absolute Gasteiger partial charge is 0.367 e. The molecule has 0 aliphatic heterocycles. The van der Waals surface area contributed by atoms with Gasteiger partial charge in [-0.05, 0) is 18.6 Å². The second-order valence-corrected chi connectivity index (χ2v) is 4.13. The summed E-state index contributed by atoms with van der Waals surface area (Å²) in [5.74, 6) is -1.65. The number of benzene rings is 1. The van der Waals surface area contributed by atoms with E-state index in [-0.39, 0.29) is 22.9 Å². The van der Waals surface area contributed by atoms with Crippen molar-refractivity contribution in [1.82, 2.24) is 9.97 Å². The van der Waals surface area contributed by atoms with Gasteiger partial charge < -0.3 is 10.6 Å². The Balaban J connectivity index is 2.49. The van der Waals surface area contributed by atoms with Crippen molar-refractivity contribution in [3.8, 4) is 0 Å². The molecule has 1 aromatic heterocycles. The maximum atomic E-state index is 13.8. The zero-order valence-electron chi connectivity index (χ0n) is 11.1. The number of halogens is 2. The minimum Gasteiger partial charge on any atom is -0.367 e. The highest BCUT2D eigenvalue weighted by Gasteiger charge is 2.23. The number of hydrogen-bond acceptors (Lipinski definition) is 6. The van der Waals surface area contributed by atoms with E-state index in [1.54, 1.807) is 0 Å². The lowest BCUT2D eigenvalue weighted by molar-refractivity contribution is -0.383. The van der Waals surface area contributed by atoms with Gasteiger partial charge in [0.15, 0.2) is 0 Å². The Hall–Kier alpha value is -2.84. The van der Waals surface area contributed by atoms with E-state index in [2.05, 4.69) is 20.6 Å². The molecule has 2 N–H and O–H groups in total. The van der Waals surface area contributed by atoms with E-state index < -0.39 is 22.2 Å².